The second-order valence-electron chi connectivity index (χ2n) is 4.94. The summed E-state index contributed by atoms with van der Waals surface area (Å²) in [5.74, 6) is 0.0573. The third-order valence-electron chi connectivity index (χ3n) is 2.90. The smallest absolute Gasteiger partial charge is 0.319 e. The molecule has 7 heteroatoms. The lowest BCUT2D eigenvalue weighted by atomic mass is 10.2. The Balaban J connectivity index is 1.96. The molecule has 0 heterocycles. The zero-order chi connectivity index (χ0) is 16.9. The van der Waals surface area contributed by atoms with Gasteiger partial charge in [-0.1, -0.05) is 30.0 Å². The fraction of sp³-hybridized carbons (Fsp3) is 0.438. The van der Waals surface area contributed by atoms with Crippen molar-refractivity contribution in [3.05, 3.63) is 30.3 Å². The van der Waals surface area contributed by atoms with Gasteiger partial charge in [-0.2, -0.15) is 0 Å². The first-order valence-electron chi connectivity index (χ1n) is 7.58. The minimum absolute atomic E-state index is 0.0556. The van der Waals surface area contributed by atoms with E-state index in [2.05, 4.69) is 16.0 Å². The van der Waals surface area contributed by atoms with Gasteiger partial charge in [-0.3, -0.25) is 9.59 Å². The first-order valence-corrected chi connectivity index (χ1v) is 8.56. The van der Waals surface area contributed by atoms with Crippen LogP contribution in [0.3, 0.4) is 0 Å². The molecule has 0 saturated carbocycles. The first kappa shape index (κ1) is 19.0. The summed E-state index contributed by atoms with van der Waals surface area (Å²) < 4.78 is 0. The van der Waals surface area contributed by atoms with Crippen molar-refractivity contribution >= 4 is 34.5 Å². The second kappa shape index (κ2) is 11.5. The van der Waals surface area contributed by atoms with Gasteiger partial charge in [0, 0.05) is 25.7 Å². The molecule has 0 fully saturated rings. The average Bonchev–Trinajstić information content (AvgIpc) is 2.53. The number of thioether (sulfide) groups is 1. The highest BCUT2D eigenvalue weighted by molar-refractivity contribution is 8.14. The number of amides is 3. The number of rotatable bonds is 9. The van der Waals surface area contributed by atoms with E-state index in [1.807, 2.05) is 30.3 Å². The molecule has 6 nitrogen and oxygen atoms in total. The third kappa shape index (κ3) is 10.4. The lowest BCUT2D eigenvalue weighted by Crippen LogP contribution is -2.29. The summed E-state index contributed by atoms with van der Waals surface area (Å²) in [4.78, 5) is 33.7. The SMILES string of the molecule is CC(=O)SCC(=O)NCCCCCNC(=O)Nc1ccccc1. The van der Waals surface area contributed by atoms with E-state index in [0.29, 0.717) is 13.1 Å². The fourth-order valence-electron chi connectivity index (χ4n) is 1.77. The van der Waals surface area contributed by atoms with E-state index in [-0.39, 0.29) is 22.8 Å². The minimum Gasteiger partial charge on any atom is -0.355 e. The predicted octanol–water partition coefficient (Wildman–Crippen LogP) is 2.37. The Morgan fingerprint density at radius 3 is 2.26 bits per heavy atom. The molecule has 0 radical (unpaired) electrons. The monoisotopic (exact) mass is 337 g/mol. The van der Waals surface area contributed by atoms with Gasteiger partial charge in [0.25, 0.3) is 0 Å². The topological polar surface area (TPSA) is 87.3 Å². The van der Waals surface area contributed by atoms with Crippen LogP contribution in [-0.2, 0) is 9.59 Å². The van der Waals surface area contributed by atoms with E-state index >= 15 is 0 Å². The van der Waals surface area contributed by atoms with E-state index in [0.717, 1.165) is 36.7 Å². The molecular formula is C16H23N3O3S. The summed E-state index contributed by atoms with van der Waals surface area (Å²) in [6, 6.07) is 9.04. The van der Waals surface area contributed by atoms with E-state index in [9.17, 15) is 14.4 Å². The summed E-state index contributed by atoms with van der Waals surface area (Å²) >= 11 is 1.01. The number of hydrogen-bond donors (Lipinski definition) is 3. The maximum Gasteiger partial charge on any atom is 0.319 e. The van der Waals surface area contributed by atoms with Crippen molar-refractivity contribution in [3.63, 3.8) is 0 Å². The molecule has 0 aliphatic carbocycles. The summed E-state index contributed by atoms with van der Waals surface area (Å²) in [6.45, 7) is 2.62. The Morgan fingerprint density at radius 1 is 0.957 bits per heavy atom. The lowest BCUT2D eigenvalue weighted by molar-refractivity contribution is -0.118. The highest BCUT2D eigenvalue weighted by atomic mass is 32.2. The van der Waals surface area contributed by atoms with Crippen LogP contribution in [-0.4, -0.2) is 35.9 Å². The molecule has 1 aromatic rings. The predicted molar refractivity (Wildman–Crippen MR) is 93.5 cm³/mol. The molecule has 0 spiro atoms. The Hall–Kier alpha value is -2.02. The van der Waals surface area contributed by atoms with Crippen molar-refractivity contribution < 1.29 is 14.4 Å². The van der Waals surface area contributed by atoms with Crippen LogP contribution in [0, 0.1) is 0 Å². The number of hydrogen-bond acceptors (Lipinski definition) is 4. The molecule has 0 aliphatic rings. The van der Waals surface area contributed by atoms with Crippen molar-refractivity contribution in [1.82, 2.24) is 10.6 Å². The van der Waals surface area contributed by atoms with Gasteiger partial charge in [-0.15, -0.1) is 0 Å². The number of carbonyl (C=O) groups excluding carboxylic acids is 3. The highest BCUT2D eigenvalue weighted by Gasteiger charge is 2.03. The van der Waals surface area contributed by atoms with E-state index in [4.69, 9.17) is 0 Å². The summed E-state index contributed by atoms with van der Waals surface area (Å²) in [7, 11) is 0. The maximum atomic E-state index is 11.6. The van der Waals surface area contributed by atoms with Crippen LogP contribution in [0.1, 0.15) is 26.2 Å². The second-order valence-corrected chi connectivity index (χ2v) is 6.09. The number of anilines is 1. The lowest BCUT2D eigenvalue weighted by Gasteiger charge is -2.07. The Bertz CT molecular complexity index is 509. The zero-order valence-corrected chi connectivity index (χ0v) is 14.1. The fourth-order valence-corrected chi connectivity index (χ4v) is 2.21. The first-order chi connectivity index (χ1) is 11.1. The van der Waals surface area contributed by atoms with Crippen LogP contribution in [0.25, 0.3) is 0 Å². The van der Waals surface area contributed by atoms with Gasteiger partial charge in [-0.25, -0.2) is 4.79 Å². The summed E-state index contributed by atoms with van der Waals surface area (Å²) in [5.41, 5.74) is 0.760. The van der Waals surface area contributed by atoms with Crippen LogP contribution in [0.15, 0.2) is 30.3 Å². The average molecular weight is 337 g/mol. The van der Waals surface area contributed by atoms with E-state index in [1.165, 1.54) is 6.92 Å². The molecular weight excluding hydrogens is 314 g/mol. The van der Waals surface area contributed by atoms with E-state index < -0.39 is 0 Å². The van der Waals surface area contributed by atoms with Gasteiger partial charge in [0.1, 0.15) is 0 Å². The number of para-hydroxylation sites is 1. The van der Waals surface area contributed by atoms with Crippen molar-refractivity contribution in [2.75, 3.05) is 24.2 Å². The van der Waals surface area contributed by atoms with Crippen LogP contribution in [0.2, 0.25) is 0 Å². The van der Waals surface area contributed by atoms with Gasteiger partial charge in [0.05, 0.1) is 5.75 Å². The van der Waals surface area contributed by atoms with Gasteiger partial charge >= 0.3 is 6.03 Å². The number of urea groups is 1. The van der Waals surface area contributed by atoms with Gasteiger partial charge in [-0.05, 0) is 31.4 Å². The Morgan fingerprint density at radius 2 is 1.61 bits per heavy atom. The van der Waals surface area contributed by atoms with Crippen LogP contribution in [0.4, 0.5) is 10.5 Å². The third-order valence-corrected chi connectivity index (χ3v) is 3.71. The van der Waals surface area contributed by atoms with Crippen molar-refractivity contribution in [2.45, 2.75) is 26.2 Å². The number of unbranched alkanes of at least 4 members (excludes halogenated alkanes) is 2. The molecule has 0 saturated heterocycles. The van der Waals surface area contributed by atoms with Crippen LogP contribution < -0.4 is 16.0 Å². The molecule has 3 amide bonds. The number of benzene rings is 1. The zero-order valence-electron chi connectivity index (χ0n) is 13.3. The van der Waals surface area contributed by atoms with Gasteiger partial charge in [0.15, 0.2) is 5.12 Å². The molecule has 0 bridgehead atoms. The standard InChI is InChI=1S/C16H23N3O3S/c1-13(20)23-12-15(21)17-10-6-3-7-11-18-16(22)19-14-8-4-2-5-9-14/h2,4-5,8-9H,3,6-7,10-12H2,1H3,(H,17,21)(H2,18,19,22). The minimum atomic E-state index is -0.217. The quantitative estimate of drug-likeness (QED) is 0.604. The molecule has 0 aromatic heterocycles. The maximum absolute atomic E-state index is 11.6. The van der Waals surface area contributed by atoms with Gasteiger partial charge < -0.3 is 16.0 Å². The van der Waals surface area contributed by atoms with Crippen molar-refractivity contribution in [1.29, 1.82) is 0 Å². The molecule has 1 aromatic carbocycles. The molecule has 3 N–H and O–H groups in total. The number of nitrogens with one attached hydrogen (secondary N) is 3. The molecule has 0 unspecified atom stereocenters. The summed E-state index contributed by atoms with van der Waals surface area (Å²) in [6.07, 6.45) is 2.60. The Kier molecular flexibility index (Phi) is 9.54. The largest absolute Gasteiger partial charge is 0.355 e. The van der Waals surface area contributed by atoms with Crippen molar-refractivity contribution in [2.24, 2.45) is 0 Å². The highest BCUT2D eigenvalue weighted by Crippen LogP contribution is 2.04. The van der Waals surface area contributed by atoms with Gasteiger partial charge in [0.2, 0.25) is 5.91 Å². The normalized spacial score (nSPS) is 9.96. The molecule has 1 rings (SSSR count). The molecule has 126 valence electrons. The Labute approximate surface area is 140 Å². The number of carbonyl (C=O) groups is 3. The van der Waals surface area contributed by atoms with Crippen LogP contribution >= 0.6 is 11.8 Å². The van der Waals surface area contributed by atoms with Crippen molar-refractivity contribution in [3.8, 4) is 0 Å². The van der Waals surface area contributed by atoms with E-state index in [1.54, 1.807) is 0 Å². The molecule has 0 atom stereocenters. The molecule has 23 heavy (non-hydrogen) atoms. The molecule has 0 aliphatic heterocycles. The van der Waals surface area contributed by atoms with Crippen LogP contribution in [0.5, 0.6) is 0 Å². The summed E-state index contributed by atoms with van der Waals surface area (Å²) in [5, 5.41) is 8.23.